The molecule has 26 heavy (non-hydrogen) atoms. The van der Waals surface area contributed by atoms with E-state index in [0.29, 0.717) is 6.54 Å². The molecule has 2 atom stereocenters. The Balaban J connectivity index is 1.71. The summed E-state index contributed by atoms with van der Waals surface area (Å²) in [5.74, 6) is 0.880. The van der Waals surface area contributed by atoms with Gasteiger partial charge in [0.05, 0.1) is 13.8 Å². The predicted molar refractivity (Wildman–Crippen MR) is 103 cm³/mol. The molecule has 0 radical (unpaired) electrons. The number of hydrogen-bond acceptors (Lipinski definition) is 4. The zero-order valence-corrected chi connectivity index (χ0v) is 17.1. The number of hydrogen-bond donors (Lipinski definition) is 1. The second-order valence-electron chi connectivity index (χ2n) is 7.39. The Hall–Kier alpha value is -1.60. The van der Waals surface area contributed by atoms with Gasteiger partial charge < -0.3 is 10.1 Å². The topological polar surface area (TPSA) is 61.9 Å². The van der Waals surface area contributed by atoms with Crippen molar-refractivity contribution in [2.45, 2.75) is 44.7 Å². The van der Waals surface area contributed by atoms with E-state index >= 15 is 0 Å². The number of nitrogens with one attached hydrogen (secondary N) is 1. The van der Waals surface area contributed by atoms with Gasteiger partial charge in [0.2, 0.25) is 0 Å². The average molecular weight is 424 g/mol. The fourth-order valence-corrected chi connectivity index (χ4v) is 4.49. The van der Waals surface area contributed by atoms with E-state index in [-0.39, 0.29) is 24.5 Å². The SMILES string of the molecule is COc1ccc(Br)cc1CN(C)CN1C(=O)N[C@]2(CCCC[C@@H]2C)C1=O. The minimum Gasteiger partial charge on any atom is -0.496 e. The summed E-state index contributed by atoms with van der Waals surface area (Å²) >= 11 is 3.47. The number of rotatable bonds is 5. The Morgan fingerprint density at radius 1 is 1.38 bits per heavy atom. The van der Waals surface area contributed by atoms with Gasteiger partial charge in [-0.2, -0.15) is 0 Å². The number of halogens is 1. The molecule has 7 heteroatoms. The fraction of sp³-hybridized carbons (Fsp3) is 0.579. The average Bonchev–Trinajstić information content (AvgIpc) is 2.83. The number of ether oxygens (including phenoxy) is 1. The molecule has 2 fully saturated rings. The number of imide groups is 1. The summed E-state index contributed by atoms with van der Waals surface area (Å²) in [6.07, 6.45) is 3.81. The van der Waals surface area contributed by atoms with Gasteiger partial charge in [0.1, 0.15) is 11.3 Å². The largest absolute Gasteiger partial charge is 0.496 e. The first-order chi connectivity index (χ1) is 12.4. The van der Waals surface area contributed by atoms with Crippen LogP contribution in [0.2, 0.25) is 0 Å². The monoisotopic (exact) mass is 423 g/mol. The highest BCUT2D eigenvalue weighted by Gasteiger charge is 2.54. The Labute approximate surface area is 163 Å². The molecule has 0 aromatic heterocycles. The molecular weight excluding hydrogens is 398 g/mol. The van der Waals surface area contributed by atoms with Crippen LogP contribution >= 0.6 is 15.9 Å². The van der Waals surface area contributed by atoms with E-state index in [1.807, 2.05) is 30.1 Å². The van der Waals surface area contributed by atoms with Crippen LogP contribution in [-0.4, -0.2) is 48.1 Å². The van der Waals surface area contributed by atoms with E-state index in [0.717, 1.165) is 41.5 Å². The molecule has 1 spiro atoms. The molecule has 3 amide bonds. The number of amides is 3. The number of carbonyl (C=O) groups excluding carboxylic acids is 2. The second kappa shape index (κ2) is 7.56. The molecule has 6 nitrogen and oxygen atoms in total. The molecule has 0 bridgehead atoms. The first kappa shape index (κ1) is 19.2. The molecule has 1 N–H and O–H groups in total. The Bertz CT molecular complexity index is 711. The van der Waals surface area contributed by atoms with Crippen molar-refractivity contribution in [1.82, 2.24) is 15.1 Å². The molecule has 3 rings (SSSR count). The zero-order valence-electron chi connectivity index (χ0n) is 15.5. The third-order valence-electron chi connectivity index (χ3n) is 5.57. The van der Waals surface area contributed by atoms with E-state index < -0.39 is 5.54 Å². The molecule has 1 aliphatic heterocycles. The maximum Gasteiger partial charge on any atom is 0.326 e. The lowest BCUT2D eigenvalue weighted by Crippen LogP contribution is -2.54. The van der Waals surface area contributed by atoms with E-state index in [1.54, 1.807) is 7.11 Å². The summed E-state index contributed by atoms with van der Waals surface area (Å²) < 4.78 is 6.37. The van der Waals surface area contributed by atoms with Crippen molar-refractivity contribution in [2.75, 3.05) is 20.8 Å². The predicted octanol–water partition coefficient (Wildman–Crippen LogP) is 3.35. The summed E-state index contributed by atoms with van der Waals surface area (Å²) in [6, 6.07) is 5.54. The molecule has 1 saturated carbocycles. The second-order valence-corrected chi connectivity index (χ2v) is 8.31. The fourth-order valence-electron chi connectivity index (χ4n) is 4.08. The van der Waals surface area contributed by atoms with E-state index in [4.69, 9.17) is 4.74 Å². The Morgan fingerprint density at radius 2 is 2.15 bits per heavy atom. The molecule has 1 aromatic rings. The molecule has 1 heterocycles. The summed E-state index contributed by atoms with van der Waals surface area (Å²) in [7, 11) is 3.54. The van der Waals surface area contributed by atoms with Gasteiger partial charge in [-0.3, -0.25) is 9.69 Å². The van der Waals surface area contributed by atoms with Crippen molar-refractivity contribution in [1.29, 1.82) is 0 Å². The number of methoxy groups -OCH3 is 1. The molecule has 1 aliphatic carbocycles. The van der Waals surface area contributed by atoms with Gasteiger partial charge >= 0.3 is 6.03 Å². The maximum atomic E-state index is 13.1. The van der Waals surface area contributed by atoms with Crippen molar-refractivity contribution < 1.29 is 14.3 Å². The van der Waals surface area contributed by atoms with E-state index in [9.17, 15) is 9.59 Å². The van der Waals surface area contributed by atoms with E-state index in [1.165, 1.54) is 4.90 Å². The normalized spacial score (nSPS) is 25.9. The van der Waals surface area contributed by atoms with Gasteiger partial charge in [-0.25, -0.2) is 9.69 Å². The van der Waals surface area contributed by atoms with Crippen LogP contribution in [0.3, 0.4) is 0 Å². The van der Waals surface area contributed by atoms with E-state index in [2.05, 4.69) is 28.2 Å². The Morgan fingerprint density at radius 3 is 2.85 bits per heavy atom. The van der Waals surface area contributed by atoms with Crippen LogP contribution in [0.15, 0.2) is 22.7 Å². The van der Waals surface area contributed by atoms with Crippen molar-refractivity contribution in [3.63, 3.8) is 0 Å². The van der Waals surface area contributed by atoms with Crippen molar-refractivity contribution in [3.05, 3.63) is 28.2 Å². The van der Waals surface area contributed by atoms with Crippen LogP contribution in [-0.2, 0) is 11.3 Å². The maximum absolute atomic E-state index is 13.1. The van der Waals surface area contributed by atoms with Gasteiger partial charge in [0.15, 0.2) is 0 Å². The van der Waals surface area contributed by atoms with Gasteiger partial charge in [0, 0.05) is 16.6 Å². The van der Waals surface area contributed by atoms with Crippen molar-refractivity contribution in [2.24, 2.45) is 5.92 Å². The van der Waals surface area contributed by atoms with Crippen LogP contribution < -0.4 is 10.1 Å². The molecule has 0 unspecified atom stereocenters. The van der Waals surface area contributed by atoms with Crippen LogP contribution in [0, 0.1) is 5.92 Å². The van der Waals surface area contributed by atoms with Crippen LogP contribution in [0.4, 0.5) is 4.79 Å². The summed E-state index contributed by atoms with van der Waals surface area (Å²) in [4.78, 5) is 28.9. The number of nitrogens with zero attached hydrogens (tertiary/aromatic N) is 2. The van der Waals surface area contributed by atoms with Crippen LogP contribution in [0.1, 0.15) is 38.2 Å². The molecule has 1 aromatic carbocycles. The standard InChI is InChI=1S/C19H26BrN3O3/c1-13-6-4-5-9-19(13)17(24)23(18(25)21-19)12-22(2)11-14-10-15(20)7-8-16(14)26-3/h7-8,10,13H,4-6,9,11-12H2,1-3H3,(H,21,25)/t13-,19-/m0/s1. The zero-order chi connectivity index (χ0) is 18.9. The van der Waals surface area contributed by atoms with Gasteiger partial charge in [-0.05, 0) is 44.0 Å². The van der Waals surface area contributed by atoms with Crippen molar-refractivity contribution in [3.8, 4) is 5.75 Å². The number of urea groups is 1. The molecule has 1 saturated heterocycles. The minimum atomic E-state index is -0.705. The lowest BCUT2D eigenvalue weighted by atomic mass is 9.73. The summed E-state index contributed by atoms with van der Waals surface area (Å²) in [6.45, 7) is 2.90. The van der Waals surface area contributed by atoms with Crippen molar-refractivity contribution >= 4 is 27.9 Å². The third kappa shape index (κ3) is 3.47. The van der Waals surface area contributed by atoms with Crippen LogP contribution in [0.25, 0.3) is 0 Å². The van der Waals surface area contributed by atoms with Gasteiger partial charge in [0.25, 0.3) is 5.91 Å². The first-order valence-corrected chi connectivity index (χ1v) is 9.82. The highest BCUT2D eigenvalue weighted by molar-refractivity contribution is 9.10. The summed E-state index contributed by atoms with van der Waals surface area (Å²) in [5, 5.41) is 3.00. The Kier molecular flexibility index (Phi) is 5.58. The summed E-state index contributed by atoms with van der Waals surface area (Å²) in [5.41, 5.74) is 0.293. The highest BCUT2D eigenvalue weighted by Crippen LogP contribution is 2.38. The molecule has 142 valence electrons. The van der Waals surface area contributed by atoms with Crippen LogP contribution in [0.5, 0.6) is 5.75 Å². The quantitative estimate of drug-likeness (QED) is 0.737. The molecule has 2 aliphatic rings. The lowest BCUT2D eigenvalue weighted by Gasteiger charge is -2.37. The molecular formula is C19H26BrN3O3. The smallest absolute Gasteiger partial charge is 0.326 e. The lowest BCUT2D eigenvalue weighted by molar-refractivity contribution is -0.135. The first-order valence-electron chi connectivity index (χ1n) is 9.02. The van der Waals surface area contributed by atoms with Gasteiger partial charge in [-0.1, -0.05) is 35.7 Å². The number of carbonyl (C=O) groups is 2. The van der Waals surface area contributed by atoms with Gasteiger partial charge in [-0.15, -0.1) is 0 Å². The number of benzene rings is 1. The third-order valence-corrected chi connectivity index (χ3v) is 6.06. The highest BCUT2D eigenvalue weighted by atomic mass is 79.9. The minimum absolute atomic E-state index is 0.0808.